The minimum atomic E-state index is 0.653. The van der Waals surface area contributed by atoms with Crippen molar-refractivity contribution in [3.63, 3.8) is 0 Å². The molecule has 66 valence electrons. The summed E-state index contributed by atoms with van der Waals surface area (Å²) in [5.41, 5.74) is 0. The highest BCUT2D eigenvalue weighted by Gasteiger charge is 1.94. The lowest BCUT2D eigenvalue weighted by Gasteiger charge is -2.07. The van der Waals surface area contributed by atoms with Gasteiger partial charge in [-0.05, 0) is 12.1 Å². The van der Waals surface area contributed by atoms with E-state index in [4.69, 9.17) is 4.74 Å². The number of para-hydroxylation sites is 1. The number of halogens is 2. The molecule has 0 atom stereocenters. The molecule has 0 bridgehead atoms. The van der Waals surface area contributed by atoms with Crippen molar-refractivity contribution in [1.82, 2.24) is 2.95 Å². The molecule has 0 radical (unpaired) electrons. The highest BCUT2D eigenvalue weighted by molar-refractivity contribution is 9.21. The first-order chi connectivity index (χ1) is 5.79. The van der Waals surface area contributed by atoms with Crippen molar-refractivity contribution in [3.8, 4) is 5.75 Å². The van der Waals surface area contributed by atoms with Crippen LogP contribution >= 0.6 is 32.3 Å². The summed E-state index contributed by atoms with van der Waals surface area (Å²) in [6, 6.07) is 9.75. The molecule has 0 saturated carbocycles. The van der Waals surface area contributed by atoms with Gasteiger partial charge in [-0.2, -0.15) is 2.95 Å². The van der Waals surface area contributed by atoms with Gasteiger partial charge in [-0.3, -0.25) is 0 Å². The zero-order valence-electron chi connectivity index (χ0n) is 6.41. The van der Waals surface area contributed by atoms with Crippen LogP contribution in [-0.4, -0.2) is 16.1 Å². The molecule has 0 aliphatic carbocycles. The number of rotatable bonds is 4. The van der Waals surface area contributed by atoms with Crippen molar-refractivity contribution >= 4 is 32.3 Å². The van der Waals surface area contributed by atoms with Crippen molar-refractivity contribution in [2.24, 2.45) is 0 Å². The monoisotopic (exact) mass is 293 g/mol. The highest BCUT2D eigenvalue weighted by atomic mass is 79.9. The molecule has 0 unspecified atom stereocenters. The van der Waals surface area contributed by atoms with Crippen LogP contribution in [0.25, 0.3) is 0 Å². The van der Waals surface area contributed by atoms with Gasteiger partial charge in [0, 0.05) is 32.3 Å². The third-order valence-corrected chi connectivity index (χ3v) is 1.98. The smallest absolute Gasteiger partial charge is 0.119 e. The predicted octanol–water partition coefficient (Wildman–Crippen LogP) is 2.99. The van der Waals surface area contributed by atoms with Gasteiger partial charge in [-0.25, -0.2) is 0 Å². The van der Waals surface area contributed by atoms with Gasteiger partial charge in [0.25, 0.3) is 0 Å². The van der Waals surface area contributed by atoms with Crippen LogP contribution in [0.1, 0.15) is 0 Å². The summed E-state index contributed by atoms with van der Waals surface area (Å²) >= 11 is 6.44. The summed E-state index contributed by atoms with van der Waals surface area (Å²) in [6.07, 6.45) is 0. The van der Waals surface area contributed by atoms with E-state index < -0.39 is 0 Å². The lowest BCUT2D eigenvalue weighted by molar-refractivity contribution is 0.313. The first kappa shape index (κ1) is 10.0. The summed E-state index contributed by atoms with van der Waals surface area (Å²) in [4.78, 5) is 0. The fraction of sp³-hybridized carbons (Fsp3) is 0.250. The first-order valence-electron chi connectivity index (χ1n) is 3.56. The standard InChI is InChI=1S/C8H9Br2NO/c9-11(10)6-7-12-8-4-2-1-3-5-8/h1-5H,6-7H2. The van der Waals surface area contributed by atoms with Crippen molar-refractivity contribution in [2.45, 2.75) is 0 Å². The van der Waals surface area contributed by atoms with E-state index in [1.54, 1.807) is 2.95 Å². The summed E-state index contributed by atoms with van der Waals surface area (Å²) in [7, 11) is 0. The predicted molar refractivity (Wildman–Crippen MR) is 56.5 cm³/mol. The van der Waals surface area contributed by atoms with Gasteiger partial charge in [-0.1, -0.05) is 18.2 Å². The summed E-state index contributed by atoms with van der Waals surface area (Å²) < 4.78 is 7.14. The zero-order valence-corrected chi connectivity index (χ0v) is 9.58. The lowest BCUT2D eigenvalue weighted by atomic mass is 10.3. The Hall–Kier alpha value is -0.0600. The summed E-state index contributed by atoms with van der Waals surface area (Å²) in [5, 5.41) is 0. The Morgan fingerprint density at radius 3 is 2.42 bits per heavy atom. The van der Waals surface area contributed by atoms with Crippen LogP contribution in [0.4, 0.5) is 0 Å². The Bertz CT molecular complexity index is 216. The lowest BCUT2D eigenvalue weighted by Crippen LogP contribution is -2.09. The topological polar surface area (TPSA) is 12.5 Å². The van der Waals surface area contributed by atoms with E-state index in [1.165, 1.54) is 0 Å². The number of benzene rings is 1. The van der Waals surface area contributed by atoms with E-state index in [0.29, 0.717) is 6.61 Å². The Morgan fingerprint density at radius 1 is 1.17 bits per heavy atom. The van der Waals surface area contributed by atoms with Gasteiger partial charge < -0.3 is 4.74 Å². The molecule has 0 aromatic heterocycles. The van der Waals surface area contributed by atoms with Gasteiger partial charge in [0.2, 0.25) is 0 Å². The first-order valence-corrected chi connectivity index (χ1v) is 4.98. The van der Waals surface area contributed by atoms with Crippen LogP contribution in [0.3, 0.4) is 0 Å². The van der Waals surface area contributed by atoms with Gasteiger partial charge in [-0.15, -0.1) is 0 Å². The Balaban J connectivity index is 2.25. The van der Waals surface area contributed by atoms with E-state index in [9.17, 15) is 0 Å². The maximum Gasteiger partial charge on any atom is 0.119 e. The van der Waals surface area contributed by atoms with Crippen molar-refractivity contribution in [2.75, 3.05) is 13.2 Å². The summed E-state index contributed by atoms with van der Waals surface area (Å²) in [5.74, 6) is 0.902. The largest absolute Gasteiger partial charge is 0.492 e. The van der Waals surface area contributed by atoms with Crippen LogP contribution in [0, 0.1) is 0 Å². The molecule has 0 aliphatic heterocycles. The SMILES string of the molecule is BrN(Br)CCOc1ccccc1. The van der Waals surface area contributed by atoms with Gasteiger partial charge in [0.05, 0.1) is 6.54 Å². The van der Waals surface area contributed by atoms with Gasteiger partial charge in [0.1, 0.15) is 12.4 Å². The van der Waals surface area contributed by atoms with E-state index in [0.717, 1.165) is 12.3 Å². The number of nitrogens with zero attached hydrogens (tertiary/aromatic N) is 1. The molecule has 0 aliphatic rings. The van der Waals surface area contributed by atoms with E-state index in [2.05, 4.69) is 32.3 Å². The van der Waals surface area contributed by atoms with Crippen LogP contribution in [0.2, 0.25) is 0 Å². The molecular formula is C8H9Br2NO. The van der Waals surface area contributed by atoms with E-state index in [1.807, 2.05) is 30.3 Å². The van der Waals surface area contributed by atoms with Crippen LogP contribution in [0.15, 0.2) is 30.3 Å². The molecule has 1 aromatic rings. The molecule has 0 amide bonds. The molecule has 12 heavy (non-hydrogen) atoms. The molecule has 1 rings (SSSR count). The molecule has 0 heterocycles. The molecule has 0 spiro atoms. The fourth-order valence-electron chi connectivity index (χ4n) is 0.749. The molecule has 0 saturated heterocycles. The van der Waals surface area contributed by atoms with Gasteiger partial charge in [0.15, 0.2) is 0 Å². The molecule has 0 N–H and O–H groups in total. The van der Waals surface area contributed by atoms with E-state index in [-0.39, 0.29) is 0 Å². The second-order valence-corrected chi connectivity index (χ2v) is 4.85. The fourth-order valence-corrected chi connectivity index (χ4v) is 1.04. The second kappa shape index (κ2) is 5.56. The molecule has 0 fully saturated rings. The maximum atomic E-state index is 5.42. The summed E-state index contributed by atoms with van der Waals surface area (Å²) in [6.45, 7) is 1.44. The molecular weight excluding hydrogens is 286 g/mol. The quantitative estimate of drug-likeness (QED) is 0.792. The van der Waals surface area contributed by atoms with Crippen LogP contribution in [0.5, 0.6) is 5.75 Å². The minimum absolute atomic E-state index is 0.653. The third kappa shape index (κ3) is 4.09. The molecule has 4 heteroatoms. The van der Waals surface area contributed by atoms with Gasteiger partial charge >= 0.3 is 0 Å². The van der Waals surface area contributed by atoms with E-state index >= 15 is 0 Å². The Kier molecular flexibility index (Phi) is 4.65. The average molecular weight is 295 g/mol. The third-order valence-electron chi connectivity index (χ3n) is 1.27. The molecule has 1 aromatic carbocycles. The molecule has 2 nitrogen and oxygen atoms in total. The minimum Gasteiger partial charge on any atom is -0.492 e. The Labute approximate surface area is 89.2 Å². The Morgan fingerprint density at radius 2 is 1.83 bits per heavy atom. The maximum absolute atomic E-state index is 5.42. The van der Waals surface area contributed by atoms with Crippen molar-refractivity contribution in [3.05, 3.63) is 30.3 Å². The number of hydrogen-bond acceptors (Lipinski definition) is 2. The second-order valence-electron chi connectivity index (χ2n) is 2.19. The van der Waals surface area contributed by atoms with Crippen molar-refractivity contribution in [1.29, 1.82) is 0 Å². The number of ether oxygens (including phenoxy) is 1. The average Bonchev–Trinajstić information content (AvgIpc) is 2.05. The zero-order chi connectivity index (χ0) is 8.81. The normalized spacial score (nSPS) is 10.2. The van der Waals surface area contributed by atoms with Crippen LogP contribution < -0.4 is 4.74 Å². The highest BCUT2D eigenvalue weighted by Crippen LogP contribution is 2.09. The number of hydrogen-bond donors (Lipinski definition) is 0. The van der Waals surface area contributed by atoms with Crippen LogP contribution in [-0.2, 0) is 0 Å². The van der Waals surface area contributed by atoms with Crippen molar-refractivity contribution < 1.29 is 4.74 Å².